The summed E-state index contributed by atoms with van der Waals surface area (Å²) >= 11 is 0. The first-order chi connectivity index (χ1) is 9.49. The number of rotatable bonds is 5. The molecule has 4 rings (SSSR count). The standard InChI is InChI=1S/C17H29NO2/c1-12(2)18(10-16(19)20-3)11-17-7-13-4-14(8-17)6-15(5-13)9-17/h12-15H,4-11H2,1-3H3. The van der Waals surface area contributed by atoms with Crippen molar-refractivity contribution in [3.8, 4) is 0 Å². The Morgan fingerprint density at radius 3 is 2.05 bits per heavy atom. The highest BCUT2D eigenvalue weighted by molar-refractivity contribution is 5.71. The topological polar surface area (TPSA) is 29.5 Å². The molecule has 0 aromatic carbocycles. The van der Waals surface area contributed by atoms with Crippen LogP contribution in [-0.4, -0.2) is 37.1 Å². The molecule has 0 saturated heterocycles. The lowest BCUT2D eigenvalue weighted by molar-refractivity contribution is -0.144. The average molecular weight is 279 g/mol. The van der Waals surface area contributed by atoms with Crippen LogP contribution in [0.1, 0.15) is 52.4 Å². The van der Waals surface area contributed by atoms with Crippen LogP contribution in [0.15, 0.2) is 0 Å². The number of esters is 1. The summed E-state index contributed by atoms with van der Waals surface area (Å²) in [5.74, 6) is 2.85. The van der Waals surface area contributed by atoms with E-state index in [0.29, 0.717) is 18.0 Å². The second-order valence-electron chi connectivity index (χ2n) is 7.99. The monoisotopic (exact) mass is 279 g/mol. The highest BCUT2D eigenvalue weighted by atomic mass is 16.5. The van der Waals surface area contributed by atoms with Gasteiger partial charge in [-0.05, 0) is 75.5 Å². The smallest absolute Gasteiger partial charge is 0.319 e. The van der Waals surface area contributed by atoms with Crippen molar-refractivity contribution in [1.82, 2.24) is 4.90 Å². The minimum Gasteiger partial charge on any atom is -0.468 e. The van der Waals surface area contributed by atoms with Gasteiger partial charge in [0, 0.05) is 12.6 Å². The molecule has 0 aliphatic heterocycles. The normalized spacial score (nSPS) is 38.8. The second kappa shape index (κ2) is 5.32. The zero-order chi connectivity index (χ0) is 14.3. The SMILES string of the molecule is COC(=O)CN(CC12CC3CC(CC(C3)C1)C2)C(C)C. The van der Waals surface area contributed by atoms with Crippen molar-refractivity contribution in [2.45, 2.75) is 58.4 Å². The van der Waals surface area contributed by atoms with Gasteiger partial charge < -0.3 is 4.74 Å². The summed E-state index contributed by atoms with van der Waals surface area (Å²) in [6.45, 7) is 5.95. The lowest BCUT2D eigenvalue weighted by Crippen LogP contribution is -2.53. The van der Waals surface area contributed by atoms with Crippen molar-refractivity contribution < 1.29 is 9.53 Å². The lowest BCUT2D eigenvalue weighted by atomic mass is 9.49. The Hall–Kier alpha value is -0.570. The van der Waals surface area contributed by atoms with E-state index in [-0.39, 0.29) is 5.97 Å². The van der Waals surface area contributed by atoms with Crippen LogP contribution in [0.3, 0.4) is 0 Å². The molecule has 0 amide bonds. The summed E-state index contributed by atoms with van der Waals surface area (Å²) in [6, 6.07) is 0.419. The van der Waals surface area contributed by atoms with E-state index in [2.05, 4.69) is 18.7 Å². The molecule has 0 radical (unpaired) electrons. The Bertz CT molecular complexity index is 342. The van der Waals surface area contributed by atoms with Gasteiger partial charge in [-0.25, -0.2) is 0 Å². The molecule has 0 aromatic heterocycles. The summed E-state index contributed by atoms with van der Waals surface area (Å²) in [5, 5.41) is 0. The van der Waals surface area contributed by atoms with E-state index in [1.54, 1.807) is 0 Å². The van der Waals surface area contributed by atoms with Crippen LogP contribution < -0.4 is 0 Å². The van der Waals surface area contributed by atoms with Crippen molar-refractivity contribution in [2.24, 2.45) is 23.2 Å². The van der Waals surface area contributed by atoms with Gasteiger partial charge in [0.25, 0.3) is 0 Å². The fourth-order valence-corrected chi connectivity index (χ4v) is 5.57. The third kappa shape index (κ3) is 2.74. The first kappa shape index (κ1) is 14.4. The number of carbonyl (C=O) groups is 1. The zero-order valence-electron chi connectivity index (χ0n) is 13.2. The molecule has 0 aromatic rings. The predicted molar refractivity (Wildman–Crippen MR) is 79.3 cm³/mol. The van der Waals surface area contributed by atoms with Gasteiger partial charge in [-0.3, -0.25) is 9.69 Å². The molecule has 0 heterocycles. The number of ether oxygens (including phenoxy) is 1. The Morgan fingerprint density at radius 2 is 1.65 bits per heavy atom. The molecule has 0 spiro atoms. The molecule has 4 fully saturated rings. The molecule has 20 heavy (non-hydrogen) atoms. The maximum atomic E-state index is 11.6. The molecule has 4 aliphatic carbocycles. The van der Waals surface area contributed by atoms with E-state index >= 15 is 0 Å². The van der Waals surface area contributed by atoms with Gasteiger partial charge in [-0.1, -0.05) is 0 Å². The van der Waals surface area contributed by atoms with Crippen LogP contribution in [0, 0.1) is 23.2 Å². The highest BCUT2D eigenvalue weighted by Crippen LogP contribution is 2.60. The molecule has 3 nitrogen and oxygen atoms in total. The Morgan fingerprint density at radius 1 is 1.15 bits per heavy atom. The Balaban J connectivity index is 1.70. The van der Waals surface area contributed by atoms with Gasteiger partial charge in [0.05, 0.1) is 13.7 Å². The van der Waals surface area contributed by atoms with E-state index in [9.17, 15) is 4.79 Å². The van der Waals surface area contributed by atoms with Gasteiger partial charge in [-0.15, -0.1) is 0 Å². The molecule has 0 atom stereocenters. The summed E-state index contributed by atoms with van der Waals surface area (Å²) in [4.78, 5) is 14.0. The summed E-state index contributed by atoms with van der Waals surface area (Å²) < 4.78 is 4.87. The minimum absolute atomic E-state index is 0.0940. The minimum atomic E-state index is -0.0940. The molecule has 4 bridgehead atoms. The van der Waals surface area contributed by atoms with Gasteiger partial charge in [0.1, 0.15) is 0 Å². The summed E-state index contributed by atoms with van der Waals surface area (Å²) in [6.07, 6.45) is 8.67. The van der Waals surface area contributed by atoms with E-state index in [0.717, 1.165) is 24.3 Å². The molecule has 4 saturated carbocycles. The molecule has 3 heteroatoms. The van der Waals surface area contributed by atoms with Gasteiger partial charge >= 0.3 is 5.97 Å². The van der Waals surface area contributed by atoms with E-state index in [1.165, 1.54) is 45.6 Å². The van der Waals surface area contributed by atoms with Gasteiger partial charge in [0.2, 0.25) is 0 Å². The van der Waals surface area contributed by atoms with Crippen molar-refractivity contribution in [3.05, 3.63) is 0 Å². The third-order valence-corrected chi connectivity index (χ3v) is 5.99. The van der Waals surface area contributed by atoms with Crippen molar-refractivity contribution in [1.29, 1.82) is 0 Å². The summed E-state index contributed by atoms with van der Waals surface area (Å²) in [7, 11) is 1.49. The molecular weight excluding hydrogens is 250 g/mol. The van der Waals surface area contributed by atoms with Gasteiger partial charge in [0.15, 0.2) is 0 Å². The lowest BCUT2D eigenvalue weighted by Gasteiger charge is -2.58. The maximum absolute atomic E-state index is 11.6. The Kier molecular flexibility index (Phi) is 3.83. The number of methoxy groups -OCH3 is 1. The number of hydrogen-bond acceptors (Lipinski definition) is 3. The summed E-state index contributed by atoms with van der Waals surface area (Å²) in [5.41, 5.74) is 0.507. The van der Waals surface area contributed by atoms with Gasteiger partial charge in [-0.2, -0.15) is 0 Å². The fraction of sp³-hybridized carbons (Fsp3) is 0.941. The van der Waals surface area contributed by atoms with Crippen molar-refractivity contribution >= 4 is 5.97 Å². The van der Waals surface area contributed by atoms with Crippen LogP contribution in [0.5, 0.6) is 0 Å². The van der Waals surface area contributed by atoms with E-state index in [4.69, 9.17) is 4.74 Å². The third-order valence-electron chi connectivity index (χ3n) is 5.99. The van der Waals surface area contributed by atoms with Crippen molar-refractivity contribution in [2.75, 3.05) is 20.2 Å². The van der Waals surface area contributed by atoms with E-state index in [1.807, 2.05) is 0 Å². The molecule has 0 unspecified atom stereocenters. The molecule has 114 valence electrons. The highest BCUT2D eigenvalue weighted by Gasteiger charge is 2.51. The van der Waals surface area contributed by atoms with Crippen LogP contribution in [0.25, 0.3) is 0 Å². The van der Waals surface area contributed by atoms with Crippen LogP contribution in [-0.2, 0) is 9.53 Å². The van der Waals surface area contributed by atoms with E-state index < -0.39 is 0 Å². The second-order valence-corrected chi connectivity index (χ2v) is 7.99. The number of hydrogen-bond donors (Lipinski definition) is 0. The number of nitrogens with zero attached hydrogens (tertiary/aromatic N) is 1. The molecular formula is C17H29NO2. The fourth-order valence-electron chi connectivity index (χ4n) is 5.57. The maximum Gasteiger partial charge on any atom is 0.319 e. The first-order valence-electron chi connectivity index (χ1n) is 8.30. The van der Waals surface area contributed by atoms with Crippen molar-refractivity contribution in [3.63, 3.8) is 0 Å². The number of carbonyl (C=O) groups excluding carboxylic acids is 1. The van der Waals surface area contributed by atoms with Crippen LogP contribution in [0.2, 0.25) is 0 Å². The Labute approximate surface area is 123 Å². The zero-order valence-corrected chi connectivity index (χ0v) is 13.2. The quantitative estimate of drug-likeness (QED) is 0.724. The van der Waals surface area contributed by atoms with Crippen LogP contribution in [0.4, 0.5) is 0 Å². The predicted octanol–water partition coefficient (Wildman–Crippen LogP) is 3.09. The molecule has 4 aliphatic rings. The largest absolute Gasteiger partial charge is 0.468 e. The van der Waals surface area contributed by atoms with Crippen LogP contribution >= 0.6 is 0 Å². The first-order valence-corrected chi connectivity index (χ1v) is 8.30. The molecule has 0 N–H and O–H groups in total. The average Bonchev–Trinajstić information content (AvgIpc) is 2.35.